The Balaban J connectivity index is 1.12. The zero-order valence-corrected chi connectivity index (χ0v) is 25.4. The maximum atomic E-state index is 12.6. The van der Waals surface area contributed by atoms with Gasteiger partial charge in [-0.25, -0.2) is 0 Å². The minimum Gasteiger partial charge on any atom is -0.461 e. The van der Waals surface area contributed by atoms with Crippen LogP contribution in [0.5, 0.6) is 0 Å². The molecule has 13 atom stereocenters. The molecule has 1 spiro atoms. The van der Waals surface area contributed by atoms with Crippen LogP contribution in [-0.4, -0.2) is 48.6 Å². The van der Waals surface area contributed by atoms with Gasteiger partial charge in [0.1, 0.15) is 12.1 Å². The molecule has 4 saturated carbocycles. The molecule has 2 saturated heterocycles. The number of nitrogens with two attached hydrogens (primary N) is 1. The number of hydrogen-bond acceptors (Lipinski definition) is 6. The fourth-order valence-electron chi connectivity index (χ4n) is 11.0. The van der Waals surface area contributed by atoms with Gasteiger partial charge in [-0.2, -0.15) is 11.8 Å². The van der Waals surface area contributed by atoms with Crippen molar-refractivity contribution in [2.45, 2.75) is 122 Å². The molecular weight excluding hydrogens is 494 g/mol. The molecule has 2 aliphatic heterocycles. The Hall–Kier alpha value is -0.300. The van der Waals surface area contributed by atoms with Gasteiger partial charge in [0.2, 0.25) is 0 Å². The van der Waals surface area contributed by atoms with Crippen LogP contribution in [-0.2, 0) is 19.0 Å². The van der Waals surface area contributed by atoms with Gasteiger partial charge in [-0.1, -0.05) is 27.7 Å². The molecule has 0 aromatic rings. The first kappa shape index (κ1) is 27.8. The summed E-state index contributed by atoms with van der Waals surface area (Å²) in [5.41, 5.74) is 6.88. The van der Waals surface area contributed by atoms with Crippen LogP contribution in [0.1, 0.15) is 98.3 Å². The molecule has 6 rings (SSSR count). The quantitative estimate of drug-likeness (QED) is 0.400. The van der Waals surface area contributed by atoms with Crippen LogP contribution < -0.4 is 5.73 Å². The molecular formula is C32H53NO4S. The van der Waals surface area contributed by atoms with Crippen LogP contribution in [0.3, 0.4) is 0 Å². The SMILES string of the molecule is CSCCC(N)C(=O)O[C@H]1CC[C@@]2(C)C(CCC3C2CC[C@@]2(C)C3CC3O[C@]4(CC[C@H](C)CO4)[C@@H](C)C32)C1. The molecule has 2 heterocycles. The molecule has 0 bridgehead atoms. The van der Waals surface area contributed by atoms with E-state index in [0.717, 1.165) is 49.4 Å². The topological polar surface area (TPSA) is 70.8 Å². The van der Waals surface area contributed by atoms with Crippen molar-refractivity contribution in [3.8, 4) is 0 Å². The minimum atomic E-state index is -0.476. The lowest BCUT2D eigenvalue weighted by Gasteiger charge is -2.61. The summed E-state index contributed by atoms with van der Waals surface area (Å²) in [5, 5.41) is 0. The molecule has 4 aliphatic carbocycles. The summed E-state index contributed by atoms with van der Waals surface area (Å²) >= 11 is 1.73. The number of carbonyl (C=O) groups is 1. The highest BCUT2D eigenvalue weighted by atomic mass is 32.2. The highest BCUT2D eigenvalue weighted by molar-refractivity contribution is 7.98. The average Bonchev–Trinajstić information content (AvgIpc) is 3.34. The maximum Gasteiger partial charge on any atom is 0.323 e. The summed E-state index contributed by atoms with van der Waals surface area (Å²) in [6.45, 7) is 10.8. The first-order chi connectivity index (χ1) is 18.1. The van der Waals surface area contributed by atoms with Crippen molar-refractivity contribution >= 4 is 17.7 Å². The standard InChI is InChI=1S/C32H53NO4S/c1-19-8-14-32(35-18-19)20(2)28-27(37-32)17-25-23-7-6-21-16-22(36-29(34)26(33)11-15-38-5)9-12-30(21,3)24(23)10-13-31(25,28)4/h19-28H,6-18,33H2,1-5H3/t19-,20-,21?,22-,23?,24?,25?,26?,27?,28?,30-,31-,32+/m0/s1. The predicted molar refractivity (Wildman–Crippen MR) is 153 cm³/mol. The Kier molecular flexibility index (Phi) is 7.48. The van der Waals surface area contributed by atoms with Gasteiger partial charge in [0.15, 0.2) is 5.79 Å². The van der Waals surface area contributed by atoms with Gasteiger partial charge < -0.3 is 19.9 Å². The monoisotopic (exact) mass is 547 g/mol. The molecule has 7 unspecified atom stereocenters. The van der Waals surface area contributed by atoms with Crippen LogP contribution in [0.25, 0.3) is 0 Å². The molecule has 6 aliphatic rings. The largest absolute Gasteiger partial charge is 0.461 e. The number of thioether (sulfide) groups is 1. The second kappa shape index (κ2) is 10.2. The number of carbonyl (C=O) groups excluding carboxylic acids is 1. The molecule has 5 nitrogen and oxygen atoms in total. The summed E-state index contributed by atoms with van der Waals surface area (Å²) in [6, 6.07) is -0.476. The number of ether oxygens (including phenoxy) is 3. The van der Waals surface area contributed by atoms with E-state index in [-0.39, 0.29) is 17.9 Å². The average molecular weight is 548 g/mol. The Labute approximate surface area is 235 Å². The first-order valence-electron chi connectivity index (χ1n) is 15.9. The fourth-order valence-corrected chi connectivity index (χ4v) is 11.4. The lowest BCUT2D eigenvalue weighted by atomic mass is 9.44. The molecule has 216 valence electrons. The van der Waals surface area contributed by atoms with Gasteiger partial charge in [-0.05, 0) is 123 Å². The van der Waals surface area contributed by atoms with E-state index >= 15 is 0 Å². The molecule has 38 heavy (non-hydrogen) atoms. The predicted octanol–water partition coefficient (Wildman–Crippen LogP) is 6.43. The van der Waals surface area contributed by atoms with E-state index < -0.39 is 6.04 Å². The van der Waals surface area contributed by atoms with Crippen molar-refractivity contribution in [1.29, 1.82) is 0 Å². The van der Waals surface area contributed by atoms with Gasteiger partial charge in [0.05, 0.1) is 12.7 Å². The molecule has 0 amide bonds. The van der Waals surface area contributed by atoms with Crippen LogP contribution >= 0.6 is 11.8 Å². The summed E-state index contributed by atoms with van der Waals surface area (Å²) in [7, 11) is 0. The van der Waals surface area contributed by atoms with Gasteiger partial charge in [0, 0.05) is 12.3 Å². The summed E-state index contributed by atoms with van der Waals surface area (Å²) in [6.07, 6.45) is 15.3. The van der Waals surface area contributed by atoms with Gasteiger partial charge in [-0.3, -0.25) is 4.79 Å². The zero-order valence-electron chi connectivity index (χ0n) is 24.6. The van der Waals surface area contributed by atoms with E-state index in [9.17, 15) is 4.79 Å². The maximum absolute atomic E-state index is 12.6. The Morgan fingerprint density at radius 2 is 1.82 bits per heavy atom. The highest BCUT2D eigenvalue weighted by Crippen LogP contribution is 2.71. The van der Waals surface area contributed by atoms with E-state index in [1.165, 1.54) is 44.9 Å². The van der Waals surface area contributed by atoms with Crippen LogP contribution in [0, 0.1) is 52.3 Å². The second-order valence-electron chi connectivity index (χ2n) is 14.9. The van der Waals surface area contributed by atoms with Crippen molar-refractivity contribution in [3.63, 3.8) is 0 Å². The smallest absolute Gasteiger partial charge is 0.323 e. The van der Waals surface area contributed by atoms with Gasteiger partial charge in [0.25, 0.3) is 0 Å². The lowest BCUT2D eigenvalue weighted by Crippen LogP contribution is -2.55. The normalized spacial score (nSPS) is 52.5. The third-order valence-corrected chi connectivity index (χ3v) is 13.7. The van der Waals surface area contributed by atoms with Crippen molar-refractivity contribution in [2.75, 3.05) is 18.6 Å². The number of hydrogen-bond donors (Lipinski definition) is 1. The van der Waals surface area contributed by atoms with E-state index in [4.69, 9.17) is 19.9 Å². The molecule has 0 aromatic heterocycles. The third kappa shape index (κ3) is 4.32. The zero-order chi connectivity index (χ0) is 26.9. The third-order valence-electron chi connectivity index (χ3n) is 13.1. The molecule has 0 aromatic carbocycles. The second-order valence-corrected chi connectivity index (χ2v) is 15.9. The summed E-state index contributed by atoms with van der Waals surface area (Å²) < 4.78 is 19.5. The molecule has 6 fully saturated rings. The van der Waals surface area contributed by atoms with E-state index in [2.05, 4.69) is 34.0 Å². The first-order valence-corrected chi connectivity index (χ1v) is 17.3. The fraction of sp³-hybridized carbons (Fsp3) is 0.969. The molecule has 2 N–H and O–H groups in total. The summed E-state index contributed by atoms with van der Waals surface area (Å²) in [5.74, 6) is 5.25. The van der Waals surface area contributed by atoms with Crippen LogP contribution in [0.15, 0.2) is 0 Å². The van der Waals surface area contributed by atoms with Crippen molar-refractivity contribution < 1.29 is 19.0 Å². The number of rotatable bonds is 5. The minimum absolute atomic E-state index is 0.0563. The van der Waals surface area contributed by atoms with Crippen LogP contribution in [0.2, 0.25) is 0 Å². The lowest BCUT2D eigenvalue weighted by molar-refractivity contribution is -0.273. The highest BCUT2D eigenvalue weighted by Gasteiger charge is 2.69. The van der Waals surface area contributed by atoms with E-state index in [1.54, 1.807) is 11.8 Å². The Morgan fingerprint density at radius 3 is 2.55 bits per heavy atom. The molecule has 6 heteroatoms. The van der Waals surface area contributed by atoms with Crippen molar-refractivity contribution in [3.05, 3.63) is 0 Å². The number of fused-ring (bicyclic) bond motifs is 7. The Bertz CT molecular complexity index is 891. The van der Waals surface area contributed by atoms with Crippen molar-refractivity contribution in [1.82, 2.24) is 0 Å². The molecule has 0 radical (unpaired) electrons. The van der Waals surface area contributed by atoms with Crippen molar-refractivity contribution in [2.24, 2.45) is 58.0 Å². The van der Waals surface area contributed by atoms with Gasteiger partial charge in [-0.15, -0.1) is 0 Å². The van der Waals surface area contributed by atoms with E-state index in [1.807, 2.05) is 0 Å². The van der Waals surface area contributed by atoms with Gasteiger partial charge >= 0.3 is 5.97 Å². The van der Waals surface area contributed by atoms with E-state index in [0.29, 0.717) is 47.0 Å². The Morgan fingerprint density at radius 1 is 1.03 bits per heavy atom. The number of esters is 1. The summed E-state index contributed by atoms with van der Waals surface area (Å²) in [4.78, 5) is 12.6. The van der Waals surface area contributed by atoms with Crippen LogP contribution in [0.4, 0.5) is 0 Å².